The third-order valence-corrected chi connectivity index (χ3v) is 4.21. The molecule has 0 unspecified atom stereocenters. The second kappa shape index (κ2) is 8.70. The maximum Gasteiger partial charge on any atom is 0.0935 e. The van der Waals surface area contributed by atoms with Crippen molar-refractivity contribution in [2.45, 2.75) is 27.3 Å². The minimum Gasteiger partial charge on any atom is -0.286 e. The van der Waals surface area contributed by atoms with E-state index in [1.165, 1.54) is 0 Å². The van der Waals surface area contributed by atoms with E-state index in [9.17, 15) is 0 Å². The molecule has 0 radical (unpaired) electrons. The first-order chi connectivity index (χ1) is 11.8. The van der Waals surface area contributed by atoms with Gasteiger partial charge in [-0.05, 0) is 17.7 Å². The third-order valence-electron chi connectivity index (χ3n) is 3.39. The fourth-order valence-corrected chi connectivity index (χ4v) is 2.88. The number of hydrogen-bond acceptors (Lipinski definition) is 3. The number of hydrazone groups is 1. The van der Waals surface area contributed by atoms with Crippen LogP contribution in [0.4, 0.5) is 5.69 Å². The second-order valence-corrected chi connectivity index (χ2v) is 7.81. The van der Waals surface area contributed by atoms with E-state index in [1.807, 2.05) is 30.3 Å². The van der Waals surface area contributed by atoms with Crippen molar-refractivity contribution in [3.63, 3.8) is 0 Å². The number of nitrogens with one attached hydrogen (secondary N) is 1. The Bertz CT molecular complexity index is 755. The molecule has 0 atom stereocenters. The van der Waals surface area contributed by atoms with Crippen LogP contribution in [0.15, 0.2) is 52.6 Å². The molecular formula is C19H20Cl3N3. The molecule has 0 saturated heterocycles. The predicted molar refractivity (Wildman–Crippen MR) is 111 cm³/mol. The van der Waals surface area contributed by atoms with Gasteiger partial charge in [0, 0.05) is 16.7 Å². The van der Waals surface area contributed by atoms with Crippen LogP contribution in [0.25, 0.3) is 0 Å². The number of halogens is 3. The summed E-state index contributed by atoms with van der Waals surface area (Å²) in [7, 11) is 0. The summed E-state index contributed by atoms with van der Waals surface area (Å²) in [6, 6.07) is 13.3. The van der Waals surface area contributed by atoms with Crippen molar-refractivity contribution in [1.82, 2.24) is 0 Å². The molecule has 25 heavy (non-hydrogen) atoms. The van der Waals surface area contributed by atoms with E-state index in [-0.39, 0.29) is 5.41 Å². The molecule has 3 nitrogen and oxygen atoms in total. The Morgan fingerprint density at radius 2 is 1.64 bits per heavy atom. The van der Waals surface area contributed by atoms with Crippen LogP contribution in [0, 0.1) is 5.41 Å². The van der Waals surface area contributed by atoms with E-state index in [0.29, 0.717) is 27.3 Å². The van der Waals surface area contributed by atoms with E-state index in [2.05, 4.69) is 36.3 Å². The van der Waals surface area contributed by atoms with Crippen LogP contribution in [0.1, 0.15) is 26.3 Å². The summed E-state index contributed by atoms with van der Waals surface area (Å²) >= 11 is 18.3. The van der Waals surface area contributed by atoms with Gasteiger partial charge in [0.2, 0.25) is 0 Å². The van der Waals surface area contributed by atoms with Crippen molar-refractivity contribution in [3.8, 4) is 0 Å². The summed E-state index contributed by atoms with van der Waals surface area (Å²) in [4.78, 5) is 4.50. The lowest BCUT2D eigenvalue weighted by Crippen LogP contribution is -2.23. The van der Waals surface area contributed by atoms with Gasteiger partial charge in [-0.25, -0.2) is 0 Å². The molecule has 132 valence electrons. The maximum absolute atomic E-state index is 6.18. The van der Waals surface area contributed by atoms with Crippen LogP contribution in [-0.2, 0) is 6.54 Å². The molecule has 0 aliphatic carbocycles. The van der Waals surface area contributed by atoms with E-state index < -0.39 is 0 Å². The number of hydrogen-bond donors (Lipinski definition) is 1. The average molecular weight is 397 g/mol. The third kappa shape index (κ3) is 6.03. The van der Waals surface area contributed by atoms with Crippen molar-refractivity contribution in [3.05, 3.63) is 63.1 Å². The topological polar surface area (TPSA) is 36.8 Å². The summed E-state index contributed by atoms with van der Waals surface area (Å²) < 4.78 is 0. The highest BCUT2D eigenvalue weighted by molar-refractivity contribution is 6.41. The van der Waals surface area contributed by atoms with Crippen LogP contribution >= 0.6 is 34.8 Å². The zero-order valence-corrected chi connectivity index (χ0v) is 16.6. The molecule has 2 rings (SSSR count). The average Bonchev–Trinajstić information content (AvgIpc) is 2.52. The van der Waals surface area contributed by atoms with Gasteiger partial charge >= 0.3 is 0 Å². The highest BCUT2D eigenvalue weighted by Crippen LogP contribution is 2.33. The lowest BCUT2D eigenvalue weighted by atomic mass is 9.91. The standard InChI is InChI=1S/C19H20Cl3N3/c1-19(2,3)17(12-23-11-13-7-5-4-6-8-13)24-25-18-15(21)9-14(20)10-16(18)22/h4-10,12,25H,11H2,1-3H3/b23-12?,24-17-. The minimum absolute atomic E-state index is 0.196. The molecule has 0 aliphatic rings. The molecule has 2 aromatic carbocycles. The molecule has 0 saturated carbocycles. The smallest absolute Gasteiger partial charge is 0.0935 e. The largest absolute Gasteiger partial charge is 0.286 e. The Hall–Kier alpha value is -1.55. The van der Waals surface area contributed by atoms with Gasteiger partial charge in [0.05, 0.1) is 28.0 Å². The van der Waals surface area contributed by atoms with Gasteiger partial charge < -0.3 is 0 Å². The van der Waals surface area contributed by atoms with Crippen LogP contribution in [0.2, 0.25) is 15.1 Å². The highest BCUT2D eigenvalue weighted by Gasteiger charge is 2.18. The van der Waals surface area contributed by atoms with Gasteiger partial charge in [0.15, 0.2) is 0 Å². The fourth-order valence-electron chi connectivity index (χ4n) is 1.98. The molecule has 6 heteroatoms. The monoisotopic (exact) mass is 395 g/mol. The first kappa shape index (κ1) is 19.8. The number of nitrogens with zero attached hydrogens (tertiary/aromatic N) is 2. The van der Waals surface area contributed by atoms with Crippen molar-refractivity contribution < 1.29 is 0 Å². The SMILES string of the molecule is CC(C)(C)/C(C=NCc1ccccc1)=N\Nc1c(Cl)cc(Cl)cc1Cl. The Morgan fingerprint density at radius 3 is 2.20 bits per heavy atom. The Kier molecular flexibility index (Phi) is 6.88. The molecule has 0 spiro atoms. The minimum atomic E-state index is -0.196. The predicted octanol–water partition coefficient (Wildman–Crippen LogP) is 6.73. The first-order valence-electron chi connectivity index (χ1n) is 7.80. The number of anilines is 1. The van der Waals surface area contributed by atoms with Gasteiger partial charge in [0.25, 0.3) is 0 Å². The number of aliphatic imine (C=N–C) groups is 1. The normalized spacial score (nSPS) is 12.6. The first-order valence-corrected chi connectivity index (χ1v) is 8.93. The molecular weight excluding hydrogens is 377 g/mol. The molecule has 0 aliphatic heterocycles. The van der Waals surface area contributed by atoms with Gasteiger partial charge in [-0.2, -0.15) is 5.10 Å². The van der Waals surface area contributed by atoms with Crippen LogP contribution < -0.4 is 5.43 Å². The zero-order chi connectivity index (χ0) is 18.4. The zero-order valence-electron chi connectivity index (χ0n) is 14.4. The second-order valence-electron chi connectivity index (χ2n) is 6.56. The van der Waals surface area contributed by atoms with Gasteiger partial charge in [-0.1, -0.05) is 85.9 Å². The number of benzene rings is 2. The quantitative estimate of drug-likeness (QED) is 0.441. The van der Waals surface area contributed by atoms with Gasteiger partial charge in [0.1, 0.15) is 0 Å². The van der Waals surface area contributed by atoms with Crippen LogP contribution in [0.5, 0.6) is 0 Å². The summed E-state index contributed by atoms with van der Waals surface area (Å²) in [5.74, 6) is 0. The number of rotatable bonds is 5. The van der Waals surface area contributed by atoms with Crippen molar-refractivity contribution in [2.24, 2.45) is 15.5 Å². The molecule has 0 aromatic heterocycles. The molecule has 0 bridgehead atoms. The van der Waals surface area contributed by atoms with Crippen molar-refractivity contribution in [1.29, 1.82) is 0 Å². The van der Waals surface area contributed by atoms with Gasteiger partial charge in [-0.15, -0.1) is 0 Å². The lowest BCUT2D eigenvalue weighted by Gasteiger charge is -2.18. The molecule has 1 N–H and O–H groups in total. The summed E-state index contributed by atoms with van der Waals surface area (Å²) in [5, 5.41) is 5.76. The Labute approximate surface area is 163 Å². The van der Waals surface area contributed by atoms with E-state index in [1.54, 1.807) is 18.3 Å². The van der Waals surface area contributed by atoms with Crippen LogP contribution in [0.3, 0.4) is 0 Å². The Balaban J connectivity index is 2.19. The van der Waals surface area contributed by atoms with Crippen molar-refractivity contribution >= 4 is 52.4 Å². The summed E-state index contributed by atoms with van der Waals surface area (Å²) in [5.41, 5.74) is 5.19. The molecule has 2 aromatic rings. The van der Waals surface area contributed by atoms with Crippen LogP contribution in [-0.4, -0.2) is 11.9 Å². The fraction of sp³-hybridized carbons (Fsp3) is 0.263. The molecule has 0 heterocycles. The Morgan fingerprint density at radius 1 is 1.04 bits per heavy atom. The summed E-state index contributed by atoms with van der Waals surface area (Å²) in [6.07, 6.45) is 1.78. The highest BCUT2D eigenvalue weighted by atomic mass is 35.5. The van der Waals surface area contributed by atoms with E-state index >= 15 is 0 Å². The van der Waals surface area contributed by atoms with Crippen molar-refractivity contribution in [2.75, 3.05) is 5.43 Å². The van der Waals surface area contributed by atoms with Gasteiger partial charge in [-0.3, -0.25) is 10.4 Å². The lowest BCUT2D eigenvalue weighted by molar-refractivity contribution is 0.597. The maximum atomic E-state index is 6.18. The molecule has 0 amide bonds. The molecule has 0 fully saturated rings. The van der Waals surface area contributed by atoms with E-state index in [0.717, 1.165) is 11.3 Å². The van der Waals surface area contributed by atoms with E-state index in [4.69, 9.17) is 34.8 Å². The summed E-state index contributed by atoms with van der Waals surface area (Å²) in [6.45, 7) is 6.78.